The van der Waals surface area contributed by atoms with Crippen LogP contribution in [0.2, 0.25) is 0 Å². The number of methoxy groups -OCH3 is 1. The van der Waals surface area contributed by atoms with Gasteiger partial charge in [-0.3, -0.25) is 19.4 Å². The molecule has 1 heterocycles. The summed E-state index contributed by atoms with van der Waals surface area (Å²) in [6.07, 6.45) is 3.97. The fourth-order valence-electron chi connectivity index (χ4n) is 2.63. The maximum Gasteiger partial charge on any atom is 0.475 e. The molecule has 0 aliphatic rings. The lowest BCUT2D eigenvalue weighted by atomic mass is 9.76. The van der Waals surface area contributed by atoms with Crippen LogP contribution in [0, 0.1) is 0 Å². The highest BCUT2D eigenvalue weighted by atomic mass is 16.5. The summed E-state index contributed by atoms with van der Waals surface area (Å²) >= 11 is 0. The van der Waals surface area contributed by atoms with E-state index in [2.05, 4.69) is 20.6 Å². The number of nitrogens with one attached hydrogen (secondary N) is 2. The fraction of sp³-hybridized carbons (Fsp3) is 0.316. The summed E-state index contributed by atoms with van der Waals surface area (Å²) in [5.41, 5.74) is 0.502. The standard InChI is InChI=1S/C19H23BN4O6/c1-30-12-15(23-18(26)14-11-21-9-10-22-14)19(27)24-17(20(28)29)8-7-16(25)13-5-3-2-4-6-13/h2-6,9-11,15,17,28-29H,7-8,12H2,1H3,(H,23,26)(H,24,27). The molecule has 1 aromatic carbocycles. The second kappa shape index (κ2) is 11.8. The van der Waals surface area contributed by atoms with E-state index in [0.717, 1.165) is 0 Å². The topological polar surface area (TPSA) is 151 Å². The highest BCUT2D eigenvalue weighted by Gasteiger charge is 2.30. The van der Waals surface area contributed by atoms with Crippen LogP contribution < -0.4 is 10.6 Å². The maximum atomic E-state index is 12.6. The Morgan fingerprint density at radius 1 is 1.13 bits per heavy atom. The molecule has 1 aromatic heterocycles. The zero-order valence-electron chi connectivity index (χ0n) is 16.4. The predicted molar refractivity (Wildman–Crippen MR) is 107 cm³/mol. The number of rotatable bonds is 11. The number of hydrogen-bond donors (Lipinski definition) is 4. The molecule has 0 aliphatic heterocycles. The molecule has 30 heavy (non-hydrogen) atoms. The van der Waals surface area contributed by atoms with E-state index in [1.54, 1.807) is 30.3 Å². The van der Waals surface area contributed by atoms with Gasteiger partial charge in [-0.1, -0.05) is 30.3 Å². The fourth-order valence-corrected chi connectivity index (χ4v) is 2.63. The third-order valence-corrected chi connectivity index (χ3v) is 4.22. The van der Waals surface area contributed by atoms with Gasteiger partial charge in [-0.2, -0.15) is 0 Å². The Morgan fingerprint density at radius 3 is 2.47 bits per heavy atom. The highest BCUT2D eigenvalue weighted by molar-refractivity contribution is 6.43. The van der Waals surface area contributed by atoms with Crippen LogP contribution in [0.3, 0.4) is 0 Å². The molecule has 10 nitrogen and oxygen atoms in total. The number of aromatic nitrogens is 2. The molecule has 0 bridgehead atoms. The van der Waals surface area contributed by atoms with Crippen LogP contribution in [0.15, 0.2) is 48.9 Å². The van der Waals surface area contributed by atoms with Gasteiger partial charge in [0.2, 0.25) is 5.91 Å². The van der Waals surface area contributed by atoms with Gasteiger partial charge in [0, 0.05) is 31.5 Å². The van der Waals surface area contributed by atoms with Crippen molar-refractivity contribution in [1.29, 1.82) is 0 Å². The quantitative estimate of drug-likeness (QED) is 0.281. The van der Waals surface area contributed by atoms with Crippen LogP contribution in [-0.4, -0.2) is 70.4 Å². The van der Waals surface area contributed by atoms with Gasteiger partial charge in [-0.15, -0.1) is 0 Å². The summed E-state index contributed by atoms with van der Waals surface area (Å²) in [6.45, 7) is -0.158. The zero-order valence-corrected chi connectivity index (χ0v) is 16.4. The first-order chi connectivity index (χ1) is 14.4. The third kappa shape index (κ3) is 7.03. The van der Waals surface area contributed by atoms with E-state index in [-0.39, 0.29) is 30.9 Å². The van der Waals surface area contributed by atoms with Crippen molar-refractivity contribution >= 4 is 24.7 Å². The second-order valence-electron chi connectivity index (χ2n) is 6.43. The first-order valence-electron chi connectivity index (χ1n) is 9.23. The van der Waals surface area contributed by atoms with Crippen molar-refractivity contribution < 1.29 is 29.2 Å². The molecule has 2 atom stereocenters. The first-order valence-corrected chi connectivity index (χ1v) is 9.23. The van der Waals surface area contributed by atoms with E-state index in [4.69, 9.17) is 4.74 Å². The van der Waals surface area contributed by atoms with Crippen LogP contribution in [0.25, 0.3) is 0 Å². The molecule has 2 rings (SSSR count). The Morgan fingerprint density at radius 2 is 1.87 bits per heavy atom. The summed E-state index contributed by atoms with van der Waals surface area (Å²) in [6, 6.07) is 7.42. The SMILES string of the molecule is COCC(NC(=O)c1cnccn1)C(=O)NC(CCC(=O)c1ccccc1)B(O)O. The molecular formula is C19H23BN4O6. The number of carbonyl (C=O) groups is 3. The summed E-state index contributed by atoms with van der Waals surface area (Å²) in [5.74, 6) is -2.64. The minimum absolute atomic E-state index is 0.00502. The zero-order chi connectivity index (χ0) is 21.9. The van der Waals surface area contributed by atoms with Crippen LogP contribution >= 0.6 is 0 Å². The van der Waals surface area contributed by atoms with E-state index >= 15 is 0 Å². The predicted octanol–water partition coefficient (Wildman–Crippen LogP) is -0.619. The van der Waals surface area contributed by atoms with Gasteiger partial charge >= 0.3 is 7.12 Å². The minimum atomic E-state index is -1.89. The van der Waals surface area contributed by atoms with Gasteiger partial charge in [0.15, 0.2) is 5.78 Å². The van der Waals surface area contributed by atoms with E-state index in [9.17, 15) is 24.4 Å². The lowest BCUT2D eigenvalue weighted by molar-refractivity contribution is -0.124. The van der Waals surface area contributed by atoms with Crippen molar-refractivity contribution in [3.05, 3.63) is 60.2 Å². The molecule has 2 amide bonds. The lowest BCUT2D eigenvalue weighted by Gasteiger charge is -2.22. The van der Waals surface area contributed by atoms with E-state index in [0.29, 0.717) is 5.56 Å². The number of ether oxygens (including phenoxy) is 1. The summed E-state index contributed by atoms with van der Waals surface area (Å²) in [4.78, 5) is 44.7. The van der Waals surface area contributed by atoms with Crippen molar-refractivity contribution in [2.45, 2.75) is 24.8 Å². The first kappa shape index (κ1) is 23.1. The molecule has 0 aliphatic carbocycles. The normalized spacial score (nSPS) is 12.5. The van der Waals surface area contributed by atoms with Crippen molar-refractivity contribution in [3.63, 3.8) is 0 Å². The number of Topliss-reactive ketones (excluding diaryl/α,β-unsaturated/α-hetero) is 1. The molecule has 158 valence electrons. The molecule has 0 spiro atoms. The van der Waals surface area contributed by atoms with Crippen LogP contribution in [0.4, 0.5) is 0 Å². The van der Waals surface area contributed by atoms with E-state index in [1.807, 2.05) is 0 Å². The Hall–Kier alpha value is -3.15. The molecule has 0 saturated heterocycles. The van der Waals surface area contributed by atoms with E-state index in [1.165, 1.54) is 25.7 Å². The largest absolute Gasteiger partial charge is 0.475 e. The molecule has 2 unspecified atom stereocenters. The molecule has 2 aromatic rings. The van der Waals surface area contributed by atoms with Crippen molar-refractivity contribution in [3.8, 4) is 0 Å². The van der Waals surface area contributed by atoms with Crippen LogP contribution in [-0.2, 0) is 9.53 Å². The Bertz CT molecular complexity index is 837. The molecule has 4 N–H and O–H groups in total. The Kier molecular flexibility index (Phi) is 9.07. The number of amides is 2. The van der Waals surface area contributed by atoms with Gasteiger partial charge in [-0.25, -0.2) is 4.98 Å². The number of hydrogen-bond acceptors (Lipinski definition) is 8. The van der Waals surface area contributed by atoms with Crippen molar-refractivity contribution in [1.82, 2.24) is 20.6 Å². The van der Waals surface area contributed by atoms with Gasteiger partial charge in [0.1, 0.15) is 11.7 Å². The van der Waals surface area contributed by atoms with Crippen LogP contribution in [0.5, 0.6) is 0 Å². The smallest absolute Gasteiger partial charge is 0.426 e. The number of ketones is 1. The Labute approximate surface area is 173 Å². The minimum Gasteiger partial charge on any atom is -0.426 e. The third-order valence-electron chi connectivity index (χ3n) is 4.22. The Balaban J connectivity index is 1.98. The number of nitrogens with zero attached hydrogens (tertiary/aromatic N) is 2. The van der Waals surface area contributed by atoms with Gasteiger partial charge in [0.25, 0.3) is 5.91 Å². The number of carbonyl (C=O) groups excluding carboxylic acids is 3. The summed E-state index contributed by atoms with van der Waals surface area (Å²) in [7, 11) is -0.539. The maximum absolute atomic E-state index is 12.6. The monoisotopic (exact) mass is 414 g/mol. The molecule has 0 radical (unpaired) electrons. The van der Waals surface area contributed by atoms with Gasteiger partial charge in [0.05, 0.1) is 18.7 Å². The average molecular weight is 414 g/mol. The molecule has 0 saturated carbocycles. The average Bonchev–Trinajstić information content (AvgIpc) is 2.76. The second-order valence-corrected chi connectivity index (χ2v) is 6.43. The van der Waals surface area contributed by atoms with Crippen molar-refractivity contribution in [2.75, 3.05) is 13.7 Å². The van der Waals surface area contributed by atoms with Gasteiger partial charge < -0.3 is 25.4 Å². The lowest BCUT2D eigenvalue weighted by Crippen LogP contribution is -2.55. The van der Waals surface area contributed by atoms with Crippen molar-refractivity contribution in [2.24, 2.45) is 0 Å². The van der Waals surface area contributed by atoms with Crippen LogP contribution in [0.1, 0.15) is 33.7 Å². The molecular weight excluding hydrogens is 391 g/mol. The summed E-state index contributed by atoms with van der Waals surface area (Å²) in [5, 5.41) is 24.1. The molecule has 0 fully saturated rings. The van der Waals surface area contributed by atoms with E-state index < -0.39 is 30.9 Å². The summed E-state index contributed by atoms with van der Waals surface area (Å²) < 4.78 is 4.97. The molecule has 11 heteroatoms. The van der Waals surface area contributed by atoms with Gasteiger partial charge in [-0.05, 0) is 6.42 Å². The number of benzene rings is 1. The highest BCUT2D eigenvalue weighted by Crippen LogP contribution is 2.08.